The van der Waals surface area contributed by atoms with Crippen LogP contribution in [0.3, 0.4) is 0 Å². The first kappa shape index (κ1) is 11.8. The van der Waals surface area contributed by atoms with Crippen LogP contribution in [0.1, 0.15) is 26.2 Å². The molecule has 0 spiro atoms. The van der Waals surface area contributed by atoms with Crippen molar-refractivity contribution in [2.45, 2.75) is 32.2 Å². The predicted molar refractivity (Wildman–Crippen MR) is 69.9 cm³/mol. The van der Waals surface area contributed by atoms with Crippen molar-refractivity contribution in [3.63, 3.8) is 0 Å². The highest BCUT2D eigenvalue weighted by atomic mass is 16.2. The Bertz CT molecular complexity index is 401. The topological polar surface area (TPSA) is 58.4 Å². The third kappa shape index (κ3) is 3.12. The average molecular weight is 233 g/mol. The Morgan fingerprint density at radius 3 is 2.88 bits per heavy atom. The molecule has 1 aromatic carbocycles. The highest BCUT2D eigenvalue weighted by Gasteiger charge is 2.31. The van der Waals surface area contributed by atoms with Crippen molar-refractivity contribution in [2.24, 2.45) is 0 Å². The molecule has 1 aliphatic carbocycles. The fraction of sp³-hybridized carbons (Fsp3) is 0.462. The first-order valence-corrected chi connectivity index (χ1v) is 6.14. The number of carbonyl (C=O) groups excluding carboxylic acids is 1. The monoisotopic (exact) mass is 233 g/mol. The van der Waals surface area contributed by atoms with Gasteiger partial charge in [-0.05, 0) is 37.5 Å². The van der Waals surface area contributed by atoms with Crippen LogP contribution in [0, 0.1) is 0 Å². The maximum Gasteiger partial charge on any atom is 0.322 e. The molecular weight excluding hydrogens is 214 g/mol. The molecule has 0 heterocycles. The number of nitrogens with zero attached hydrogens (tertiary/aromatic N) is 1. The summed E-state index contributed by atoms with van der Waals surface area (Å²) in [4.78, 5) is 14.0. The van der Waals surface area contributed by atoms with E-state index in [0.717, 1.165) is 31.5 Å². The minimum Gasteiger partial charge on any atom is -0.399 e. The van der Waals surface area contributed by atoms with Gasteiger partial charge < -0.3 is 16.0 Å². The lowest BCUT2D eigenvalue weighted by Gasteiger charge is -2.22. The minimum absolute atomic E-state index is 0.0139. The van der Waals surface area contributed by atoms with Crippen molar-refractivity contribution >= 4 is 17.4 Å². The van der Waals surface area contributed by atoms with E-state index >= 15 is 0 Å². The Morgan fingerprint density at radius 1 is 1.53 bits per heavy atom. The molecule has 2 amide bonds. The minimum atomic E-state index is -0.0139. The number of nitrogens with one attached hydrogen (secondary N) is 1. The Hall–Kier alpha value is -1.71. The summed E-state index contributed by atoms with van der Waals surface area (Å²) in [6, 6.07) is 7.70. The number of carbonyl (C=O) groups is 1. The highest BCUT2D eigenvalue weighted by Crippen LogP contribution is 2.27. The molecular formula is C13H19N3O. The van der Waals surface area contributed by atoms with Gasteiger partial charge in [0.15, 0.2) is 0 Å². The average Bonchev–Trinajstić information content (AvgIpc) is 3.09. The maximum absolute atomic E-state index is 12.1. The Balaban J connectivity index is 1.99. The van der Waals surface area contributed by atoms with Crippen LogP contribution >= 0.6 is 0 Å². The molecule has 0 bridgehead atoms. The number of hydrogen-bond acceptors (Lipinski definition) is 2. The first-order valence-electron chi connectivity index (χ1n) is 6.14. The van der Waals surface area contributed by atoms with Crippen LogP contribution in [0.5, 0.6) is 0 Å². The molecule has 1 saturated carbocycles. The van der Waals surface area contributed by atoms with Crippen LogP contribution in [0.15, 0.2) is 24.3 Å². The highest BCUT2D eigenvalue weighted by molar-refractivity contribution is 5.90. The van der Waals surface area contributed by atoms with Gasteiger partial charge in [0.25, 0.3) is 0 Å². The molecule has 0 atom stereocenters. The summed E-state index contributed by atoms with van der Waals surface area (Å²) >= 11 is 0. The van der Waals surface area contributed by atoms with Crippen LogP contribution in [0.2, 0.25) is 0 Å². The summed E-state index contributed by atoms with van der Waals surface area (Å²) in [7, 11) is 0. The normalized spacial score (nSPS) is 14.4. The summed E-state index contributed by atoms with van der Waals surface area (Å²) < 4.78 is 0. The molecule has 1 aliphatic rings. The van der Waals surface area contributed by atoms with Gasteiger partial charge in [-0.3, -0.25) is 0 Å². The van der Waals surface area contributed by atoms with E-state index in [-0.39, 0.29) is 6.03 Å². The quantitative estimate of drug-likeness (QED) is 0.785. The molecule has 0 radical (unpaired) electrons. The summed E-state index contributed by atoms with van der Waals surface area (Å²) in [5.41, 5.74) is 7.10. The molecule has 0 saturated heterocycles. The number of rotatable bonds is 4. The zero-order valence-electron chi connectivity index (χ0n) is 10.1. The predicted octanol–water partition coefficient (Wildman–Crippen LogP) is 2.68. The second kappa shape index (κ2) is 5.08. The second-order valence-corrected chi connectivity index (χ2v) is 4.48. The van der Waals surface area contributed by atoms with E-state index in [1.807, 2.05) is 17.0 Å². The summed E-state index contributed by atoms with van der Waals surface area (Å²) in [6.07, 6.45) is 3.25. The molecule has 0 aromatic heterocycles. The van der Waals surface area contributed by atoms with Crippen LogP contribution in [-0.4, -0.2) is 23.5 Å². The number of hydrogen-bond donors (Lipinski definition) is 2. The second-order valence-electron chi connectivity index (χ2n) is 4.48. The van der Waals surface area contributed by atoms with Gasteiger partial charge in [-0.15, -0.1) is 0 Å². The van der Waals surface area contributed by atoms with Gasteiger partial charge in [-0.25, -0.2) is 4.79 Å². The van der Waals surface area contributed by atoms with E-state index in [2.05, 4.69) is 12.2 Å². The van der Waals surface area contributed by atoms with Crippen LogP contribution in [0.4, 0.5) is 16.2 Å². The number of amides is 2. The summed E-state index contributed by atoms with van der Waals surface area (Å²) in [5, 5.41) is 2.90. The molecule has 4 nitrogen and oxygen atoms in total. The zero-order chi connectivity index (χ0) is 12.3. The molecule has 0 aliphatic heterocycles. The van der Waals surface area contributed by atoms with Gasteiger partial charge in [0, 0.05) is 24.0 Å². The van der Waals surface area contributed by atoms with E-state index in [9.17, 15) is 4.79 Å². The van der Waals surface area contributed by atoms with Gasteiger partial charge >= 0.3 is 6.03 Å². The van der Waals surface area contributed by atoms with Gasteiger partial charge in [0.05, 0.1) is 0 Å². The maximum atomic E-state index is 12.1. The van der Waals surface area contributed by atoms with Gasteiger partial charge in [-0.2, -0.15) is 0 Å². The fourth-order valence-electron chi connectivity index (χ4n) is 1.89. The van der Waals surface area contributed by atoms with Crippen LogP contribution < -0.4 is 11.1 Å². The van der Waals surface area contributed by atoms with Crippen molar-refractivity contribution in [1.29, 1.82) is 0 Å². The lowest BCUT2D eigenvalue weighted by molar-refractivity contribution is 0.209. The van der Waals surface area contributed by atoms with E-state index in [1.54, 1.807) is 12.1 Å². The number of nitrogen functional groups attached to an aromatic ring is 1. The summed E-state index contributed by atoms with van der Waals surface area (Å²) in [5.74, 6) is 0. The van der Waals surface area contributed by atoms with Crippen molar-refractivity contribution in [1.82, 2.24) is 4.90 Å². The lowest BCUT2D eigenvalue weighted by atomic mass is 10.3. The van der Waals surface area contributed by atoms with Gasteiger partial charge in [0.1, 0.15) is 0 Å². The van der Waals surface area contributed by atoms with Crippen molar-refractivity contribution < 1.29 is 4.79 Å². The molecule has 0 unspecified atom stereocenters. The molecule has 1 aromatic rings. The number of anilines is 2. The summed E-state index contributed by atoms with van der Waals surface area (Å²) in [6.45, 7) is 2.90. The Kier molecular flexibility index (Phi) is 3.52. The number of nitrogens with two attached hydrogens (primary N) is 1. The smallest absolute Gasteiger partial charge is 0.322 e. The molecule has 92 valence electrons. The third-order valence-corrected chi connectivity index (χ3v) is 2.85. The van der Waals surface area contributed by atoms with Gasteiger partial charge in [0.2, 0.25) is 0 Å². The third-order valence-electron chi connectivity index (χ3n) is 2.85. The fourth-order valence-corrected chi connectivity index (χ4v) is 1.89. The van der Waals surface area contributed by atoms with E-state index in [4.69, 9.17) is 5.73 Å². The Morgan fingerprint density at radius 2 is 2.29 bits per heavy atom. The molecule has 1 fully saturated rings. The van der Waals surface area contributed by atoms with E-state index in [0.29, 0.717) is 11.7 Å². The Labute approximate surface area is 102 Å². The largest absolute Gasteiger partial charge is 0.399 e. The number of benzene rings is 1. The number of urea groups is 1. The van der Waals surface area contributed by atoms with Crippen molar-refractivity contribution in [3.05, 3.63) is 24.3 Å². The molecule has 2 rings (SSSR count). The van der Waals surface area contributed by atoms with Crippen LogP contribution in [-0.2, 0) is 0 Å². The lowest BCUT2D eigenvalue weighted by Crippen LogP contribution is -2.37. The van der Waals surface area contributed by atoms with Crippen molar-refractivity contribution in [2.75, 3.05) is 17.6 Å². The van der Waals surface area contributed by atoms with Crippen molar-refractivity contribution in [3.8, 4) is 0 Å². The zero-order valence-corrected chi connectivity index (χ0v) is 10.1. The standard InChI is InChI=1S/C13H19N3O/c1-2-8-16(12-6-7-12)13(17)15-11-5-3-4-10(14)9-11/h3-5,9,12H,2,6-8,14H2,1H3,(H,15,17). The molecule has 17 heavy (non-hydrogen) atoms. The van der Waals surface area contributed by atoms with Gasteiger partial charge in [-0.1, -0.05) is 13.0 Å². The van der Waals surface area contributed by atoms with E-state index < -0.39 is 0 Å². The SMILES string of the molecule is CCCN(C(=O)Nc1cccc(N)c1)C1CC1. The van der Waals surface area contributed by atoms with Crippen LogP contribution in [0.25, 0.3) is 0 Å². The first-order chi connectivity index (χ1) is 8.20. The molecule has 3 N–H and O–H groups in total. The van der Waals surface area contributed by atoms with E-state index in [1.165, 1.54) is 0 Å². The molecule has 4 heteroatoms.